The van der Waals surface area contributed by atoms with Gasteiger partial charge in [0.05, 0.1) is 23.9 Å². The molecule has 0 radical (unpaired) electrons. The van der Waals surface area contributed by atoms with Gasteiger partial charge in [-0.2, -0.15) is 9.49 Å². The van der Waals surface area contributed by atoms with Gasteiger partial charge in [0.1, 0.15) is 6.04 Å². The Labute approximate surface area is 176 Å². The lowest BCUT2D eigenvalue weighted by atomic mass is 10.0. The molecule has 4 rings (SSSR count). The number of nitrogens with one attached hydrogen (secondary N) is 1. The van der Waals surface area contributed by atoms with Gasteiger partial charge in [0.15, 0.2) is 5.67 Å². The highest BCUT2D eigenvalue weighted by molar-refractivity contribution is 5.92. The number of nitrogens with zero attached hydrogens (tertiary/aromatic N) is 6. The molecule has 9 nitrogen and oxygen atoms in total. The predicted octanol–water partition coefficient (Wildman–Crippen LogP) is 3.31. The molecule has 0 spiro atoms. The topological polar surface area (TPSA) is 104 Å². The second kappa shape index (κ2) is 7.89. The van der Waals surface area contributed by atoms with Gasteiger partial charge in [0, 0.05) is 18.7 Å². The fraction of sp³-hybridized carbons (Fsp3) is 0.350. The van der Waals surface area contributed by atoms with Crippen molar-refractivity contribution in [1.82, 2.24) is 30.1 Å². The summed E-state index contributed by atoms with van der Waals surface area (Å²) in [5, 5.41) is 12.7. The molecule has 1 N–H and O–H groups in total. The van der Waals surface area contributed by atoms with Crippen LogP contribution < -0.4 is 0 Å². The minimum Gasteiger partial charge on any atom is -0.413 e. The highest BCUT2D eigenvalue weighted by Crippen LogP contribution is 2.30. The van der Waals surface area contributed by atoms with Crippen LogP contribution in [0.2, 0.25) is 0 Å². The lowest BCUT2D eigenvalue weighted by Crippen LogP contribution is -2.41. The zero-order valence-electron chi connectivity index (χ0n) is 17.2. The van der Waals surface area contributed by atoms with E-state index >= 15 is 0 Å². The van der Waals surface area contributed by atoms with Crippen molar-refractivity contribution in [1.29, 1.82) is 0 Å². The number of hydrazone groups is 1. The molecule has 1 amide bonds. The number of fused-ring (bicyclic) bond motifs is 1. The summed E-state index contributed by atoms with van der Waals surface area (Å²) in [5.41, 5.74) is 0.0854. The molecular weight excluding hydrogens is 408 g/mol. The maximum absolute atomic E-state index is 14.3. The molecule has 2 aliphatic rings. The van der Waals surface area contributed by atoms with Crippen LogP contribution in [0.5, 0.6) is 0 Å². The van der Waals surface area contributed by atoms with E-state index < -0.39 is 23.6 Å². The fourth-order valence-corrected chi connectivity index (χ4v) is 3.32. The van der Waals surface area contributed by atoms with Crippen molar-refractivity contribution in [3.63, 3.8) is 0 Å². The maximum Gasteiger partial charge on any atom is 0.312 e. The van der Waals surface area contributed by atoms with Crippen LogP contribution in [-0.4, -0.2) is 48.7 Å². The van der Waals surface area contributed by atoms with Crippen molar-refractivity contribution in [2.24, 2.45) is 5.10 Å². The minimum atomic E-state index is -1.88. The molecule has 2 aromatic rings. The molecule has 162 valence electrons. The summed E-state index contributed by atoms with van der Waals surface area (Å²) in [7, 11) is 0. The van der Waals surface area contributed by atoms with E-state index in [4.69, 9.17) is 4.42 Å². The zero-order chi connectivity index (χ0) is 22.2. The van der Waals surface area contributed by atoms with Crippen LogP contribution in [0.1, 0.15) is 54.8 Å². The van der Waals surface area contributed by atoms with Gasteiger partial charge in [0.2, 0.25) is 5.95 Å². The van der Waals surface area contributed by atoms with E-state index in [1.54, 1.807) is 25.2 Å². The molecule has 31 heavy (non-hydrogen) atoms. The van der Waals surface area contributed by atoms with Crippen LogP contribution in [-0.2, 0) is 12.1 Å². The van der Waals surface area contributed by atoms with Gasteiger partial charge in [-0.25, -0.2) is 14.4 Å². The molecule has 0 saturated carbocycles. The lowest BCUT2D eigenvalue weighted by Gasteiger charge is -2.32. The van der Waals surface area contributed by atoms with Crippen molar-refractivity contribution >= 4 is 12.1 Å². The molecule has 0 aromatic carbocycles. The first kappa shape index (κ1) is 20.6. The van der Waals surface area contributed by atoms with Gasteiger partial charge in [-0.15, -0.1) is 10.2 Å². The van der Waals surface area contributed by atoms with Crippen LogP contribution in [0.25, 0.3) is 0 Å². The number of H-pyrrole nitrogens is 1. The molecule has 4 heterocycles. The third-order valence-electron chi connectivity index (χ3n) is 4.91. The van der Waals surface area contributed by atoms with Crippen LogP contribution in [0.15, 0.2) is 51.8 Å². The SMILES string of the molecule is C/C=C1/C=CC=C(F)N1/N=C/[C@H]1c2nc[nH]c2CCN1C(=O)c1nnc(C(C)(C)F)o1. The molecule has 0 unspecified atom stereocenters. The number of rotatable bonds is 4. The maximum atomic E-state index is 14.3. The molecule has 1 atom stereocenters. The molecule has 0 fully saturated rings. The van der Waals surface area contributed by atoms with E-state index in [0.29, 0.717) is 24.4 Å². The first-order valence-electron chi connectivity index (χ1n) is 9.70. The van der Waals surface area contributed by atoms with E-state index in [0.717, 1.165) is 10.7 Å². The molecule has 11 heteroatoms. The number of imidazole rings is 1. The first-order valence-corrected chi connectivity index (χ1v) is 9.70. The van der Waals surface area contributed by atoms with Gasteiger partial charge in [-0.1, -0.05) is 12.2 Å². The molecular formula is C20H21F2N7O2. The van der Waals surface area contributed by atoms with E-state index in [9.17, 15) is 13.6 Å². The fourth-order valence-electron chi connectivity index (χ4n) is 3.32. The highest BCUT2D eigenvalue weighted by atomic mass is 19.1. The standard InChI is InChI=1S/C20H21F2N7O2/c1-4-12-6-5-7-15(21)29(12)25-10-14-16-13(23-11-24-16)8-9-28(14)18(30)17-26-27-19(31-17)20(2,3)22/h4-7,10-11,14H,8-9H2,1-3H3,(H,23,24)/b12-4-,25-10+/t14-/m0/s1. The molecule has 2 aromatic heterocycles. The molecule has 0 bridgehead atoms. The van der Waals surface area contributed by atoms with Crippen LogP contribution in [0.4, 0.5) is 8.78 Å². The van der Waals surface area contributed by atoms with E-state index in [1.165, 1.54) is 37.4 Å². The first-order chi connectivity index (χ1) is 14.8. The molecule has 2 aliphatic heterocycles. The number of carbonyl (C=O) groups is 1. The third kappa shape index (κ3) is 3.90. The Hall–Kier alpha value is -3.63. The Balaban J connectivity index is 1.66. The van der Waals surface area contributed by atoms with Crippen LogP contribution in [0.3, 0.4) is 0 Å². The summed E-state index contributed by atoms with van der Waals surface area (Å²) < 4.78 is 33.7. The Morgan fingerprint density at radius 1 is 1.42 bits per heavy atom. The smallest absolute Gasteiger partial charge is 0.312 e. The highest BCUT2D eigenvalue weighted by Gasteiger charge is 2.36. The largest absolute Gasteiger partial charge is 0.413 e. The minimum absolute atomic E-state index is 0.288. The van der Waals surface area contributed by atoms with E-state index in [1.807, 2.05) is 0 Å². The van der Waals surface area contributed by atoms with E-state index in [2.05, 4.69) is 25.3 Å². The summed E-state index contributed by atoms with van der Waals surface area (Å²) in [6.45, 7) is 4.59. The summed E-state index contributed by atoms with van der Waals surface area (Å²) in [4.78, 5) is 21.9. The normalized spacial score (nSPS) is 20.5. The van der Waals surface area contributed by atoms with Crippen LogP contribution >= 0.6 is 0 Å². The third-order valence-corrected chi connectivity index (χ3v) is 4.91. The monoisotopic (exact) mass is 429 g/mol. The van der Waals surface area contributed by atoms with Crippen LogP contribution in [0, 0.1) is 0 Å². The van der Waals surface area contributed by atoms with Gasteiger partial charge >= 0.3 is 11.8 Å². The number of aromatic nitrogens is 4. The van der Waals surface area contributed by atoms with Gasteiger partial charge in [0.25, 0.3) is 5.89 Å². The van der Waals surface area contributed by atoms with Crippen molar-refractivity contribution in [3.05, 3.63) is 65.4 Å². The van der Waals surface area contributed by atoms with E-state index in [-0.39, 0.29) is 11.8 Å². The second-order valence-corrected chi connectivity index (χ2v) is 7.48. The summed E-state index contributed by atoms with van der Waals surface area (Å²) >= 11 is 0. The number of carbonyl (C=O) groups excluding carboxylic acids is 1. The zero-order valence-corrected chi connectivity index (χ0v) is 17.2. The van der Waals surface area contributed by atoms with Gasteiger partial charge in [-0.05, 0) is 32.9 Å². The number of aromatic amines is 1. The number of halogens is 2. The van der Waals surface area contributed by atoms with Crippen molar-refractivity contribution in [2.45, 2.75) is 38.9 Å². The molecule has 0 saturated heterocycles. The van der Waals surface area contributed by atoms with Crippen molar-refractivity contribution in [2.75, 3.05) is 6.54 Å². The van der Waals surface area contributed by atoms with Crippen molar-refractivity contribution < 1.29 is 18.0 Å². The Morgan fingerprint density at radius 2 is 2.23 bits per heavy atom. The predicted molar refractivity (Wildman–Crippen MR) is 107 cm³/mol. The number of amides is 1. The Kier molecular flexibility index (Phi) is 5.25. The van der Waals surface area contributed by atoms with Crippen molar-refractivity contribution in [3.8, 4) is 0 Å². The summed E-state index contributed by atoms with van der Waals surface area (Å²) in [5.74, 6) is -1.77. The summed E-state index contributed by atoms with van der Waals surface area (Å²) in [6.07, 6.45) is 9.76. The average molecular weight is 429 g/mol. The van der Waals surface area contributed by atoms with Gasteiger partial charge in [-0.3, -0.25) is 4.79 Å². The number of allylic oxidation sites excluding steroid dienone is 4. The lowest BCUT2D eigenvalue weighted by molar-refractivity contribution is 0.0661. The average Bonchev–Trinajstić information content (AvgIpc) is 3.41. The Bertz CT molecular complexity index is 1110. The Morgan fingerprint density at radius 3 is 2.94 bits per heavy atom. The summed E-state index contributed by atoms with van der Waals surface area (Å²) in [6, 6.07) is -0.715. The number of hydrogen-bond donors (Lipinski definition) is 1. The molecule has 0 aliphatic carbocycles. The van der Waals surface area contributed by atoms with Gasteiger partial charge < -0.3 is 14.3 Å². The quantitative estimate of drug-likeness (QED) is 0.591. The second-order valence-electron chi connectivity index (χ2n) is 7.48. The number of hydrogen-bond acceptors (Lipinski definition) is 7. The number of alkyl halides is 1.